The number of nitrogens with one attached hydrogen (secondary N) is 1. The topological polar surface area (TPSA) is 77.1 Å². The van der Waals surface area contributed by atoms with Gasteiger partial charge in [-0.15, -0.1) is 0 Å². The summed E-state index contributed by atoms with van der Waals surface area (Å²) in [5, 5.41) is 3.19. The van der Waals surface area contributed by atoms with Gasteiger partial charge in [-0.3, -0.25) is 9.59 Å². The smallest absolute Gasteiger partial charge is 0.243 e. The zero-order chi connectivity index (χ0) is 25.2. The average Bonchev–Trinajstić information content (AvgIpc) is 3.40. The first-order chi connectivity index (χ1) is 17.0. The summed E-state index contributed by atoms with van der Waals surface area (Å²) in [5.74, 6) is 1.93. The highest BCUT2D eigenvalue weighted by Gasteiger charge is 2.30. The molecule has 2 amide bonds. The van der Waals surface area contributed by atoms with Gasteiger partial charge in [0.05, 0.1) is 21.3 Å². The lowest BCUT2D eigenvalue weighted by Crippen LogP contribution is -2.51. The average molecular weight is 483 g/mol. The van der Waals surface area contributed by atoms with Gasteiger partial charge in [-0.25, -0.2) is 0 Å². The van der Waals surface area contributed by atoms with Crippen LogP contribution in [0, 0.1) is 0 Å². The molecule has 0 heterocycles. The van der Waals surface area contributed by atoms with Gasteiger partial charge in [0.2, 0.25) is 11.8 Å². The summed E-state index contributed by atoms with van der Waals surface area (Å²) in [6.07, 6.45) is 5.68. The SMILES string of the molecule is CC[C@@H](C(=O)NC1CCCC1)N(Cc1ccc(OC)cc1)C(=O)CCc1ccc(OC)c(OC)c1. The minimum absolute atomic E-state index is 0.0518. The van der Waals surface area contributed by atoms with Crippen molar-refractivity contribution in [1.82, 2.24) is 10.2 Å². The summed E-state index contributed by atoms with van der Waals surface area (Å²) >= 11 is 0. The van der Waals surface area contributed by atoms with E-state index in [1.54, 1.807) is 26.2 Å². The molecular weight excluding hydrogens is 444 g/mol. The summed E-state index contributed by atoms with van der Waals surface area (Å²) in [6, 6.07) is 13.0. The summed E-state index contributed by atoms with van der Waals surface area (Å²) in [4.78, 5) is 28.5. The largest absolute Gasteiger partial charge is 0.497 e. The van der Waals surface area contributed by atoms with Crippen LogP contribution in [0.3, 0.4) is 0 Å². The second-order valence-corrected chi connectivity index (χ2v) is 8.97. The van der Waals surface area contributed by atoms with Gasteiger partial charge in [-0.1, -0.05) is 38.0 Å². The van der Waals surface area contributed by atoms with Crippen molar-refractivity contribution in [3.05, 3.63) is 53.6 Å². The molecule has 1 fully saturated rings. The van der Waals surface area contributed by atoms with Crippen LogP contribution in [0.15, 0.2) is 42.5 Å². The van der Waals surface area contributed by atoms with Crippen molar-refractivity contribution in [2.75, 3.05) is 21.3 Å². The predicted octanol–water partition coefficient (Wildman–Crippen LogP) is 4.51. The summed E-state index contributed by atoms with van der Waals surface area (Å²) in [6.45, 7) is 2.33. The van der Waals surface area contributed by atoms with E-state index in [-0.39, 0.29) is 17.9 Å². The lowest BCUT2D eigenvalue weighted by molar-refractivity contribution is -0.141. The van der Waals surface area contributed by atoms with Crippen LogP contribution in [0.25, 0.3) is 0 Å². The highest BCUT2D eigenvalue weighted by atomic mass is 16.5. The Morgan fingerprint density at radius 3 is 2.20 bits per heavy atom. The van der Waals surface area contributed by atoms with Crippen LogP contribution in [-0.2, 0) is 22.6 Å². The van der Waals surface area contributed by atoms with Gasteiger partial charge in [-0.2, -0.15) is 0 Å². The predicted molar refractivity (Wildman–Crippen MR) is 136 cm³/mol. The fourth-order valence-electron chi connectivity index (χ4n) is 4.65. The third-order valence-corrected chi connectivity index (χ3v) is 6.67. The van der Waals surface area contributed by atoms with Crippen LogP contribution in [0.4, 0.5) is 0 Å². The normalized spacial score (nSPS) is 14.3. The summed E-state index contributed by atoms with van der Waals surface area (Å²) < 4.78 is 16.0. The second kappa shape index (κ2) is 13.0. The van der Waals surface area contributed by atoms with Crippen LogP contribution < -0.4 is 19.5 Å². The highest BCUT2D eigenvalue weighted by Crippen LogP contribution is 2.28. The monoisotopic (exact) mass is 482 g/mol. The molecule has 3 rings (SSSR count). The molecule has 7 nitrogen and oxygen atoms in total. The Morgan fingerprint density at radius 1 is 0.943 bits per heavy atom. The molecule has 0 aliphatic heterocycles. The first kappa shape index (κ1) is 26.4. The Morgan fingerprint density at radius 2 is 1.60 bits per heavy atom. The number of hydrogen-bond donors (Lipinski definition) is 1. The molecule has 1 atom stereocenters. The zero-order valence-electron chi connectivity index (χ0n) is 21.3. The molecule has 2 aromatic rings. The maximum Gasteiger partial charge on any atom is 0.243 e. The van der Waals surface area contributed by atoms with Gasteiger partial charge in [0, 0.05) is 19.0 Å². The van der Waals surface area contributed by atoms with Crippen LogP contribution in [0.1, 0.15) is 56.6 Å². The molecule has 0 saturated heterocycles. The number of carbonyl (C=O) groups is 2. The van der Waals surface area contributed by atoms with Crippen LogP contribution in [0.5, 0.6) is 17.2 Å². The number of benzene rings is 2. The Bertz CT molecular complexity index is 970. The van der Waals surface area contributed by atoms with Gasteiger partial charge < -0.3 is 24.4 Å². The Hall–Kier alpha value is -3.22. The number of hydrogen-bond acceptors (Lipinski definition) is 5. The first-order valence-corrected chi connectivity index (χ1v) is 12.4. The standard InChI is InChI=1S/C28H38N2O5/c1-5-24(28(32)29-22-8-6-7-9-22)30(19-21-10-14-23(33-2)15-11-21)27(31)17-13-20-12-16-25(34-3)26(18-20)35-4/h10-12,14-16,18,22,24H,5-9,13,17,19H2,1-4H3,(H,29,32)/t24-/m0/s1. The molecule has 0 aromatic heterocycles. The molecule has 0 unspecified atom stereocenters. The minimum Gasteiger partial charge on any atom is -0.497 e. The first-order valence-electron chi connectivity index (χ1n) is 12.4. The fourth-order valence-corrected chi connectivity index (χ4v) is 4.65. The Balaban J connectivity index is 1.77. The van der Waals surface area contributed by atoms with Crippen molar-refractivity contribution >= 4 is 11.8 Å². The molecule has 0 radical (unpaired) electrons. The third kappa shape index (κ3) is 7.13. The van der Waals surface area contributed by atoms with Gasteiger partial charge >= 0.3 is 0 Å². The van der Waals surface area contributed by atoms with E-state index in [4.69, 9.17) is 14.2 Å². The van der Waals surface area contributed by atoms with Crippen molar-refractivity contribution in [2.45, 2.75) is 70.5 Å². The zero-order valence-corrected chi connectivity index (χ0v) is 21.3. The van der Waals surface area contributed by atoms with E-state index in [1.807, 2.05) is 49.4 Å². The molecule has 7 heteroatoms. The number of amides is 2. The second-order valence-electron chi connectivity index (χ2n) is 8.97. The van der Waals surface area contributed by atoms with Gasteiger partial charge in [0.25, 0.3) is 0 Å². The van der Waals surface area contributed by atoms with Crippen LogP contribution >= 0.6 is 0 Å². The van der Waals surface area contributed by atoms with Crippen molar-refractivity contribution in [1.29, 1.82) is 0 Å². The van der Waals surface area contributed by atoms with E-state index >= 15 is 0 Å². The van der Waals surface area contributed by atoms with E-state index in [0.29, 0.717) is 37.3 Å². The van der Waals surface area contributed by atoms with E-state index in [9.17, 15) is 9.59 Å². The lowest BCUT2D eigenvalue weighted by Gasteiger charge is -2.31. The molecule has 1 aliphatic carbocycles. The molecule has 1 saturated carbocycles. The van der Waals surface area contributed by atoms with Gasteiger partial charge in [0.1, 0.15) is 11.8 Å². The highest BCUT2D eigenvalue weighted by molar-refractivity contribution is 5.88. The van der Waals surface area contributed by atoms with Gasteiger partial charge in [0.15, 0.2) is 11.5 Å². The number of carbonyl (C=O) groups excluding carboxylic acids is 2. The number of ether oxygens (including phenoxy) is 3. The van der Waals surface area contributed by atoms with E-state index in [1.165, 1.54) is 0 Å². The molecule has 1 N–H and O–H groups in total. The molecule has 1 aliphatic rings. The number of aryl methyl sites for hydroxylation is 1. The minimum atomic E-state index is -0.518. The lowest BCUT2D eigenvalue weighted by atomic mass is 10.0. The van der Waals surface area contributed by atoms with Gasteiger partial charge in [-0.05, 0) is 61.1 Å². The molecule has 2 aromatic carbocycles. The number of rotatable bonds is 12. The molecule has 0 bridgehead atoms. The van der Waals surface area contributed by atoms with Crippen molar-refractivity contribution in [3.8, 4) is 17.2 Å². The maximum atomic E-state index is 13.5. The van der Waals surface area contributed by atoms with Crippen molar-refractivity contribution in [3.63, 3.8) is 0 Å². The summed E-state index contributed by atoms with van der Waals surface area (Å²) in [7, 11) is 4.82. The fraction of sp³-hybridized carbons (Fsp3) is 0.500. The molecular formula is C28H38N2O5. The summed E-state index contributed by atoms with van der Waals surface area (Å²) in [5.41, 5.74) is 1.93. The van der Waals surface area contributed by atoms with E-state index < -0.39 is 6.04 Å². The quantitative estimate of drug-likeness (QED) is 0.482. The van der Waals surface area contributed by atoms with E-state index in [0.717, 1.165) is 42.6 Å². The van der Waals surface area contributed by atoms with Crippen molar-refractivity contribution < 1.29 is 23.8 Å². The third-order valence-electron chi connectivity index (χ3n) is 6.67. The molecule has 190 valence electrons. The van der Waals surface area contributed by atoms with E-state index in [2.05, 4.69) is 5.32 Å². The van der Waals surface area contributed by atoms with Crippen LogP contribution in [0.2, 0.25) is 0 Å². The number of nitrogens with zero attached hydrogens (tertiary/aromatic N) is 1. The number of methoxy groups -OCH3 is 3. The van der Waals surface area contributed by atoms with Crippen LogP contribution in [-0.4, -0.2) is 50.1 Å². The Kier molecular flexibility index (Phi) is 9.82. The molecule has 35 heavy (non-hydrogen) atoms. The molecule has 0 spiro atoms. The maximum absolute atomic E-state index is 13.5. The van der Waals surface area contributed by atoms with Crippen molar-refractivity contribution in [2.24, 2.45) is 0 Å². The Labute approximate surface area is 208 Å².